The fourth-order valence-corrected chi connectivity index (χ4v) is 5.88. The number of ether oxygens (including phenoxy) is 3. The second-order valence-electron chi connectivity index (χ2n) is 13.7. The molecule has 0 saturated carbocycles. The maximum Gasteiger partial charge on any atom is 0.508 e. The number of hydrogen-bond donors (Lipinski definition) is 0. The van der Waals surface area contributed by atoms with Crippen molar-refractivity contribution in [2.24, 2.45) is 5.92 Å². The van der Waals surface area contributed by atoms with Crippen LogP contribution in [0.15, 0.2) is 24.3 Å². The van der Waals surface area contributed by atoms with Gasteiger partial charge in [-0.3, -0.25) is 4.79 Å². The van der Waals surface area contributed by atoms with E-state index < -0.39 is 6.16 Å². The van der Waals surface area contributed by atoms with Gasteiger partial charge in [0.2, 0.25) is 0 Å². The molecular weight excluding hydrogens is 586 g/mol. The summed E-state index contributed by atoms with van der Waals surface area (Å²) < 4.78 is 16.7. The van der Waals surface area contributed by atoms with Gasteiger partial charge in [0.25, 0.3) is 0 Å². The molecule has 6 heteroatoms. The van der Waals surface area contributed by atoms with Gasteiger partial charge in [0.1, 0.15) is 6.10 Å². The molecular formula is C41H77NO5. The first-order chi connectivity index (χ1) is 22.9. The Labute approximate surface area is 291 Å². The van der Waals surface area contributed by atoms with E-state index in [0.29, 0.717) is 26.1 Å². The number of carbonyl (C=O) groups is 2. The third kappa shape index (κ3) is 32.5. The molecule has 0 aliphatic heterocycles. The minimum Gasteiger partial charge on any atom is -0.466 e. The molecule has 2 unspecified atom stereocenters. The smallest absolute Gasteiger partial charge is 0.466 e. The topological polar surface area (TPSA) is 65.1 Å². The summed E-state index contributed by atoms with van der Waals surface area (Å²) in [7, 11) is 4.02. The minimum absolute atomic E-state index is 0.109. The summed E-state index contributed by atoms with van der Waals surface area (Å²) >= 11 is 0. The quantitative estimate of drug-likeness (QED) is 0.0388. The Kier molecular flexibility index (Phi) is 34.1. The molecule has 0 aromatic carbocycles. The largest absolute Gasteiger partial charge is 0.508 e. The van der Waals surface area contributed by atoms with Crippen LogP contribution in [-0.2, 0) is 19.0 Å². The Morgan fingerprint density at radius 1 is 0.574 bits per heavy atom. The van der Waals surface area contributed by atoms with E-state index in [2.05, 4.69) is 43.1 Å². The molecule has 0 spiro atoms. The highest BCUT2D eigenvalue weighted by molar-refractivity contribution is 5.72. The molecule has 0 fully saturated rings. The van der Waals surface area contributed by atoms with E-state index in [-0.39, 0.29) is 18.0 Å². The van der Waals surface area contributed by atoms with Crippen LogP contribution < -0.4 is 0 Å². The van der Waals surface area contributed by atoms with Crippen LogP contribution in [-0.4, -0.2) is 57.0 Å². The summed E-state index contributed by atoms with van der Waals surface area (Å²) in [6, 6.07) is 0. The van der Waals surface area contributed by atoms with E-state index in [1.54, 1.807) is 0 Å². The third-order valence-corrected chi connectivity index (χ3v) is 8.82. The number of nitrogens with zero attached hydrogens (tertiary/aromatic N) is 1. The van der Waals surface area contributed by atoms with Gasteiger partial charge in [-0.15, -0.1) is 0 Å². The van der Waals surface area contributed by atoms with E-state index in [1.807, 2.05) is 21.0 Å². The highest BCUT2D eigenvalue weighted by atomic mass is 16.7. The minimum atomic E-state index is -0.578. The summed E-state index contributed by atoms with van der Waals surface area (Å²) in [5, 5.41) is 0. The Morgan fingerprint density at radius 2 is 1.11 bits per heavy atom. The molecule has 0 saturated heterocycles. The second-order valence-corrected chi connectivity index (χ2v) is 13.7. The van der Waals surface area contributed by atoms with Crippen LogP contribution in [0.25, 0.3) is 0 Å². The lowest BCUT2D eigenvalue weighted by Gasteiger charge is -2.21. The molecule has 0 heterocycles. The average molecular weight is 664 g/mol. The standard InChI is InChI=1S/C41H77NO5/c1-6-9-11-13-15-17-19-20-21-22-23-25-27-29-32-38(40(43)45-8-3)34-35-39(47-41(44)46-37-31-36-42(4)5)33-30-28-26-24-18-16-14-12-10-7-2/h15,17,20-21,38-39H,6-14,16,18-19,22-37H2,1-5H3/b17-15-,21-20-. The number of unbranched alkanes of at least 4 members (excludes halogenated alkanes) is 16. The van der Waals surface area contributed by atoms with Gasteiger partial charge in [0.05, 0.1) is 19.1 Å². The Bertz CT molecular complexity index is 750. The van der Waals surface area contributed by atoms with Crippen molar-refractivity contribution in [3.05, 3.63) is 24.3 Å². The second kappa shape index (κ2) is 35.5. The lowest BCUT2D eigenvalue weighted by Crippen LogP contribution is -2.24. The molecule has 276 valence electrons. The number of carbonyl (C=O) groups excluding carboxylic acids is 2. The predicted octanol–water partition coefficient (Wildman–Crippen LogP) is 12.2. The summed E-state index contributed by atoms with van der Waals surface area (Å²) in [5.74, 6) is -0.254. The zero-order valence-electron chi connectivity index (χ0n) is 31.8. The van der Waals surface area contributed by atoms with Crippen LogP contribution in [0.5, 0.6) is 0 Å². The molecule has 0 amide bonds. The molecule has 0 N–H and O–H groups in total. The van der Waals surface area contributed by atoms with Gasteiger partial charge in [-0.25, -0.2) is 4.79 Å². The zero-order chi connectivity index (χ0) is 34.6. The summed E-state index contributed by atoms with van der Waals surface area (Å²) in [6.45, 7) is 8.00. The lowest BCUT2D eigenvalue weighted by molar-refractivity contribution is -0.148. The molecule has 0 bridgehead atoms. The van der Waals surface area contributed by atoms with Gasteiger partial charge in [-0.1, -0.05) is 128 Å². The van der Waals surface area contributed by atoms with Crippen molar-refractivity contribution in [3.63, 3.8) is 0 Å². The van der Waals surface area contributed by atoms with E-state index in [4.69, 9.17) is 14.2 Å². The van der Waals surface area contributed by atoms with E-state index in [9.17, 15) is 9.59 Å². The first-order valence-corrected chi connectivity index (χ1v) is 19.9. The van der Waals surface area contributed by atoms with Crippen molar-refractivity contribution in [2.45, 2.75) is 187 Å². The van der Waals surface area contributed by atoms with Crippen molar-refractivity contribution in [1.29, 1.82) is 0 Å². The first kappa shape index (κ1) is 45.2. The van der Waals surface area contributed by atoms with Gasteiger partial charge in [0, 0.05) is 6.54 Å². The summed E-state index contributed by atoms with van der Waals surface area (Å²) in [6.07, 6.45) is 36.6. The molecule has 0 aromatic rings. The van der Waals surface area contributed by atoms with Crippen molar-refractivity contribution < 1.29 is 23.8 Å². The first-order valence-electron chi connectivity index (χ1n) is 19.9. The van der Waals surface area contributed by atoms with Crippen LogP contribution in [0.4, 0.5) is 4.79 Å². The molecule has 2 atom stereocenters. The summed E-state index contributed by atoms with van der Waals surface area (Å²) in [5.41, 5.74) is 0. The predicted molar refractivity (Wildman–Crippen MR) is 200 cm³/mol. The summed E-state index contributed by atoms with van der Waals surface area (Å²) in [4.78, 5) is 27.4. The monoisotopic (exact) mass is 664 g/mol. The molecule has 0 aliphatic carbocycles. The van der Waals surface area contributed by atoms with Gasteiger partial charge < -0.3 is 19.1 Å². The van der Waals surface area contributed by atoms with Crippen LogP contribution >= 0.6 is 0 Å². The van der Waals surface area contributed by atoms with Gasteiger partial charge in [-0.2, -0.15) is 0 Å². The number of allylic oxidation sites excluding steroid dienone is 4. The normalized spacial score (nSPS) is 13.1. The Morgan fingerprint density at radius 3 is 1.70 bits per heavy atom. The Balaban J connectivity index is 4.63. The van der Waals surface area contributed by atoms with Gasteiger partial charge in [-0.05, 0) is 91.6 Å². The van der Waals surface area contributed by atoms with Gasteiger partial charge in [0.15, 0.2) is 0 Å². The number of esters is 1. The molecule has 6 nitrogen and oxygen atoms in total. The molecule has 47 heavy (non-hydrogen) atoms. The number of hydrogen-bond acceptors (Lipinski definition) is 6. The highest BCUT2D eigenvalue weighted by Gasteiger charge is 2.23. The maximum atomic E-state index is 12.8. The molecule has 0 aliphatic rings. The molecule has 0 radical (unpaired) electrons. The SMILES string of the molecule is CCCCC/C=C\C/C=C\CCCCCCC(CCC(CCCCCCCCCCCC)OC(=O)OCCCN(C)C)C(=O)OCC. The highest BCUT2D eigenvalue weighted by Crippen LogP contribution is 2.23. The van der Waals surface area contributed by atoms with E-state index in [1.165, 1.54) is 89.9 Å². The van der Waals surface area contributed by atoms with Crippen LogP contribution in [0.1, 0.15) is 181 Å². The molecule has 0 aromatic heterocycles. The van der Waals surface area contributed by atoms with Crippen LogP contribution in [0.3, 0.4) is 0 Å². The zero-order valence-corrected chi connectivity index (χ0v) is 31.8. The Hall–Kier alpha value is -1.82. The van der Waals surface area contributed by atoms with Crippen molar-refractivity contribution in [1.82, 2.24) is 4.90 Å². The van der Waals surface area contributed by atoms with Crippen molar-refractivity contribution >= 4 is 12.1 Å². The fraction of sp³-hybridized carbons (Fsp3) is 0.854. The molecule has 0 rings (SSSR count). The van der Waals surface area contributed by atoms with Crippen molar-refractivity contribution in [3.8, 4) is 0 Å². The third-order valence-electron chi connectivity index (χ3n) is 8.82. The van der Waals surface area contributed by atoms with Crippen LogP contribution in [0.2, 0.25) is 0 Å². The lowest BCUT2D eigenvalue weighted by atomic mass is 9.93. The number of rotatable bonds is 34. The maximum absolute atomic E-state index is 12.8. The van der Waals surface area contributed by atoms with E-state index in [0.717, 1.165) is 64.3 Å². The van der Waals surface area contributed by atoms with E-state index >= 15 is 0 Å². The average Bonchev–Trinajstić information content (AvgIpc) is 3.05. The van der Waals surface area contributed by atoms with Crippen molar-refractivity contribution in [2.75, 3.05) is 33.9 Å². The van der Waals surface area contributed by atoms with Crippen LogP contribution in [0, 0.1) is 5.92 Å². The fourth-order valence-electron chi connectivity index (χ4n) is 5.88. The van der Waals surface area contributed by atoms with Gasteiger partial charge >= 0.3 is 12.1 Å².